The molecule has 0 bridgehead atoms. The van der Waals surface area contributed by atoms with E-state index in [0.717, 1.165) is 11.1 Å². The fourth-order valence-electron chi connectivity index (χ4n) is 3.32. The van der Waals surface area contributed by atoms with Crippen molar-refractivity contribution in [1.82, 2.24) is 5.32 Å². The number of carbonyl (C=O) groups excluding carboxylic acids is 1. The van der Waals surface area contributed by atoms with Crippen LogP contribution in [0.3, 0.4) is 0 Å². The summed E-state index contributed by atoms with van der Waals surface area (Å²) in [6, 6.07) is 12.1. The monoisotopic (exact) mass is 537 g/mol. The van der Waals surface area contributed by atoms with E-state index in [1.807, 2.05) is 0 Å². The molecular weight excluding hydrogens is 498 g/mol. The van der Waals surface area contributed by atoms with Gasteiger partial charge < -0.3 is 16.8 Å². The number of anilines is 1. The summed E-state index contributed by atoms with van der Waals surface area (Å²) < 4.78 is 28.4. The second-order valence-corrected chi connectivity index (χ2v) is 12.7. The summed E-state index contributed by atoms with van der Waals surface area (Å²) in [5.41, 5.74) is 13.0. The smallest absolute Gasteiger partial charge is 0.264 e. The van der Waals surface area contributed by atoms with Crippen LogP contribution < -0.4 is 21.1 Å². The first-order valence-electron chi connectivity index (χ1n) is 11.6. The van der Waals surface area contributed by atoms with Gasteiger partial charge in [-0.2, -0.15) is 0 Å². The number of hydrogen-bond donors (Lipinski definition) is 3. The van der Waals surface area contributed by atoms with E-state index in [1.54, 1.807) is 36.4 Å². The third kappa shape index (κ3) is 8.13. The Morgan fingerprint density at radius 1 is 0.944 bits per heavy atom. The highest BCUT2D eigenvalue weighted by molar-refractivity contribution is 7.92. The van der Waals surface area contributed by atoms with Crippen molar-refractivity contribution >= 4 is 40.0 Å². The van der Waals surface area contributed by atoms with Gasteiger partial charge in [-0.05, 0) is 64.8 Å². The Hall–Kier alpha value is -2.78. The maximum atomic E-state index is 13.6. The van der Waals surface area contributed by atoms with E-state index in [9.17, 15) is 13.2 Å². The largest absolute Gasteiger partial charge is 0.370 e. The molecule has 2 aromatic carbocycles. The molecule has 8 nitrogen and oxygen atoms in total. The molecule has 0 heterocycles. The van der Waals surface area contributed by atoms with Crippen LogP contribution in [0, 0.1) is 0 Å². The van der Waals surface area contributed by atoms with Crippen LogP contribution in [0.25, 0.3) is 0 Å². The number of benzene rings is 2. The van der Waals surface area contributed by atoms with Gasteiger partial charge in [0.05, 0.1) is 10.6 Å². The molecule has 0 unspecified atom stereocenters. The second-order valence-electron chi connectivity index (χ2n) is 10.7. The topological polar surface area (TPSA) is 131 Å². The van der Waals surface area contributed by atoms with Crippen LogP contribution in [0.1, 0.15) is 69.4 Å². The number of amides is 1. The molecule has 0 aliphatic carbocycles. The number of nitrogens with one attached hydrogen (secondary N) is 1. The maximum Gasteiger partial charge on any atom is 0.264 e. The average Bonchev–Trinajstić information content (AvgIpc) is 2.76. The summed E-state index contributed by atoms with van der Waals surface area (Å²) in [7, 11) is -2.30. The van der Waals surface area contributed by atoms with Gasteiger partial charge in [0.2, 0.25) is 0 Å². The zero-order valence-electron chi connectivity index (χ0n) is 22.3. The fraction of sp³-hybridized carbons (Fsp3) is 0.462. The Labute approximate surface area is 222 Å². The molecule has 0 saturated carbocycles. The summed E-state index contributed by atoms with van der Waals surface area (Å²) in [5, 5.41) is 2.80. The predicted octanol–water partition coefficient (Wildman–Crippen LogP) is 3.92. The first-order valence-corrected chi connectivity index (χ1v) is 13.1. The number of nitrogens with zero attached hydrogens (tertiary/aromatic N) is 2. The molecule has 0 fully saturated rings. The number of halogens is 1. The maximum absolute atomic E-state index is 13.6. The molecule has 10 heteroatoms. The molecule has 0 spiro atoms. The Morgan fingerprint density at radius 2 is 1.44 bits per heavy atom. The summed E-state index contributed by atoms with van der Waals surface area (Å²) in [4.78, 5) is 16.5. The van der Waals surface area contributed by atoms with Gasteiger partial charge in [-0.3, -0.25) is 14.1 Å². The molecular formula is C26H40ClN5O3S. The minimum Gasteiger partial charge on any atom is -0.370 e. The third-order valence-corrected chi connectivity index (χ3v) is 7.47. The highest BCUT2D eigenvalue weighted by Gasteiger charge is 2.27. The Bertz CT molecular complexity index is 1150. The fourth-order valence-corrected chi connectivity index (χ4v) is 4.59. The van der Waals surface area contributed by atoms with E-state index >= 15 is 0 Å². The zero-order valence-corrected chi connectivity index (χ0v) is 23.9. The molecule has 0 radical (unpaired) electrons. The summed E-state index contributed by atoms with van der Waals surface area (Å²) in [5.74, 6) is -0.231. The van der Waals surface area contributed by atoms with Crippen molar-refractivity contribution in [2.75, 3.05) is 24.4 Å². The van der Waals surface area contributed by atoms with Gasteiger partial charge in [-0.1, -0.05) is 47.6 Å². The molecule has 5 N–H and O–H groups in total. The van der Waals surface area contributed by atoms with E-state index < -0.39 is 10.0 Å². The number of nitrogens with two attached hydrogens (primary N) is 2. The van der Waals surface area contributed by atoms with Crippen molar-refractivity contribution < 1.29 is 13.2 Å². The third-order valence-electron chi connectivity index (χ3n) is 5.70. The van der Waals surface area contributed by atoms with Crippen LogP contribution in [-0.4, -0.2) is 40.4 Å². The van der Waals surface area contributed by atoms with Crippen molar-refractivity contribution in [3.63, 3.8) is 0 Å². The summed E-state index contributed by atoms with van der Waals surface area (Å²) in [6.45, 7) is 13.3. The molecule has 2 aromatic rings. The second kappa shape index (κ2) is 12.0. The molecule has 2 rings (SSSR count). The number of hydrogen-bond acceptors (Lipinski definition) is 4. The quantitative estimate of drug-likeness (QED) is 0.267. The van der Waals surface area contributed by atoms with Crippen LogP contribution >= 0.6 is 12.4 Å². The van der Waals surface area contributed by atoms with Crippen LogP contribution in [-0.2, 0) is 20.9 Å². The molecule has 0 aliphatic rings. The molecule has 0 atom stereocenters. The average molecular weight is 538 g/mol. The van der Waals surface area contributed by atoms with E-state index in [-0.39, 0.29) is 40.0 Å². The van der Waals surface area contributed by atoms with Gasteiger partial charge in [0, 0.05) is 25.7 Å². The van der Waals surface area contributed by atoms with E-state index in [4.69, 9.17) is 11.5 Å². The SMILES string of the molecule is CN(c1ccc(C(=O)NCCCN=C(N)N)cc1)S(=O)(=O)c1cc(C(C)(C)C)cc(C(C)(C)C)c1.Cl. The van der Waals surface area contributed by atoms with Crippen molar-refractivity contribution in [1.29, 1.82) is 0 Å². The van der Waals surface area contributed by atoms with E-state index in [2.05, 4.69) is 57.9 Å². The van der Waals surface area contributed by atoms with Gasteiger partial charge in [-0.25, -0.2) is 8.42 Å². The van der Waals surface area contributed by atoms with Crippen LogP contribution in [0.4, 0.5) is 5.69 Å². The van der Waals surface area contributed by atoms with Crippen LogP contribution in [0.15, 0.2) is 52.4 Å². The first-order chi connectivity index (χ1) is 16.0. The van der Waals surface area contributed by atoms with Crippen LogP contribution in [0.5, 0.6) is 0 Å². The van der Waals surface area contributed by atoms with E-state index in [1.165, 1.54) is 11.4 Å². The molecule has 200 valence electrons. The normalized spacial score (nSPS) is 11.9. The molecule has 0 saturated heterocycles. The van der Waals surface area contributed by atoms with Crippen LogP contribution in [0.2, 0.25) is 0 Å². The van der Waals surface area contributed by atoms with Gasteiger partial charge in [0.25, 0.3) is 15.9 Å². The standard InChI is InChI=1S/C26H39N5O3S.ClH/c1-25(2,3)19-15-20(26(4,5)6)17-22(16-19)35(33,34)31(7)21-11-9-18(10-12-21)23(32)29-13-8-14-30-24(27)28;/h9-12,15-17H,8,13-14H2,1-7H3,(H,29,32)(H4,27,28,30);1H. The predicted molar refractivity (Wildman–Crippen MR) is 151 cm³/mol. The van der Waals surface area contributed by atoms with Crippen molar-refractivity contribution in [3.8, 4) is 0 Å². The highest BCUT2D eigenvalue weighted by atomic mass is 35.5. The number of rotatable bonds is 8. The van der Waals surface area contributed by atoms with Gasteiger partial charge in [-0.15, -0.1) is 12.4 Å². The molecule has 0 aliphatic heterocycles. The van der Waals surface area contributed by atoms with Crippen molar-refractivity contribution in [2.24, 2.45) is 16.5 Å². The van der Waals surface area contributed by atoms with Crippen molar-refractivity contribution in [3.05, 3.63) is 59.2 Å². The van der Waals surface area contributed by atoms with Gasteiger partial charge in [0.15, 0.2) is 5.96 Å². The summed E-state index contributed by atoms with van der Waals surface area (Å²) >= 11 is 0. The first kappa shape index (κ1) is 31.3. The van der Waals surface area contributed by atoms with Gasteiger partial charge in [0.1, 0.15) is 0 Å². The lowest BCUT2D eigenvalue weighted by molar-refractivity contribution is 0.0953. The minimum absolute atomic E-state index is 0. The number of guanidine groups is 1. The molecule has 36 heavy (non-hydrogen) atoms. The lowest BCUT2D eigenvalue weighted by atomic mass is 9.81. The Morgan fingerprint density at radius 3 is 1.89 bits per heavy atom. The Balaban J connectivity index is 0.00000648. The minimum atomic E-state index is -3.82. The Kier molecular flexibility index (Phi) is 10.4. The summed E-state index contributed by atoms with van der Waals surface area (Å²) in [6.07, 6.45) is 0.604. The number of aliphatic imine (C=N–C) groups is 1. The molecule has 0 aromatic heterocycles. The van der Waals surface area contributed by atoms with E-state index in [0.29, 0.717) is 30.8 Å². The molecule has 1 amide bonds. The highest BCUT2D eigenvalue weighted by Crippen LogP contribution is 2.33. The lowest BCUT2D eigenvalue weighted by Crippen LogP contribution is -2.28. The lowest BCUT2D eigenvalue weighted by Gasteiger charge is -2.27. The number of carbonyl (C=O) groups is 1. The van der Waals surface area contributed by atoms with Crippen molar-refractivity contribution in [2.45, 2.75) is 63.7 Å². The van der Waals surface area contributed by atoms with Gasteiger partial charge >= 0.3 is 0 Å². The number of sulfonamides is 1. The zero-order chi connectivity index (χ0) is 26.6.